The Morgan fingerprint density at radius 1 is 1.19 bits per heavy atom. The molecule has 0 aliphatic heterocycles. The first-order valence-corrected chi connectivity index (χ1v) is 6.56. The first-order chi connectivity index (χ1) is 9.88. The summed E-state index contributed by atoms with van der Waals surface area (Å²) in [4.78, 5) is 21.7. The van der Waals surface area contributed by atoms with Gasteiger partial charge in [0.2, 0.25) is 0 Å². The topological polar surface area (TPSA) is 69.4 Å². The number of rotatable bonds is 4. The SMILES string of the molecule is CC(=O)c1ccc(Oc2cc(Cl)ccc2Cl)cc1[N+](=O)[O-]. The Balaban J connectivity index is 2.41. The Bertz CT molecular complexity index is 731. The van der Waals surface area contributed by atoms with Gasteiger partial charge in [-0.1, -0.05) is 23.2 Å². The van der Waals surface area contributed by atoms with Gasteiger partial charge in [0.1, 0.15) is 11.5 Å². The average Bonchev–Trinajstić information content (AvgIpc) is 2.42. The van der Waals surface area contributed by atoms with E-state index in [1.807, 2.05) is 0 Å². The van der Waals surface area contributed by atoms with Crippen LogP contribution in [0.25, 0.3) is 0 Å². The largest absolute Gasteiger partial charge is 0.455 e. The molecule has 21 heavy (non-hydrogen) atoms. The maximum atomic E-state index is 11.4. The summed E-state index contributed by atoms with van der Waals surface area (Å²) < 4.78 is 5.48. The van der Waals surface area contributed by atoms with Crippen LogP contribution in [0.4, 0.5) is 5.69 Å². The van der Waals surface area contributed by atoms with Gasteiger partial charge in [0, 0.05) is 11.1 Å². The fraction of sp³-hybridized carbons (Fsp3) is 0.0714. The number of carbonyl (C=O) groups is 1. The lowest BCUT2D eigenvalue weighted by atomic mass is 10.1. The number of hydrogen-bond donors (Lipinski definition) is 0. The van der Waals surface area contributed by atoms with Crippen LogP contribution in [-0.2, 0) is 0 Å². The van der Waals surface area contributed by atoms with E-state index in [0.29, 0.717) is 10.0 Å². The highest BCUT2D eigenvalue weighted by Crippen LogP contribution is 2.34. The van der Waals surface area contributed by atoms with Crippen LogP contribution >= 0.6 is 23.2 Å². The van der Waals surface area contributed by atoms with Gasteiger partial charge in [0.25, 0.3) is 5.69 Å². The summed E-state index contributed by atoms with van der Waals surface area (Å²) >= 11 is 11.8. The Labute approximate surface area is 130 Å². The molecule has 0 spiro atoms. The molecule has 0 saturated heterocycles. The summed E-state index contributed by atoms with van der Waals surface area (Å²) in [5.41, 5.74) is -0.303. The summed E-state index contributed by atoms with van der Waals surface area (Å²) in [6.07, 6.45) is 0. The van der Waals surface area contributed by atoms with Crippen LogP contribution in [0.15, 0.2) is 36.4 Å². The molecule has 0 aromatic heterocycles. The first kappa shape index (κ1) is 15.3. The molecule has 2 aromatic rings. The Kier molecular flexibility index (Phi) is 4.45. The van der Waals surface area contributed by atoms with Crippen molar-refractivity contribution in [2.45, 2.75) is 6.92 Å². The van der Waals surface area contributed by atoms with Crippen LogP contribution in [0.3, 0.4) is 0 Å². The molecule has 0 aliphatic carbocycles. The monoisotopic (exact) mass is 325 g/mol. The van der Waals surface area contributed by atoms with Gasteiger partial charge in [-0.25, -0.2) is 0 Å². The molecule has 0 aliphatic rings. The minimum Gasteiger partial charge on any atom is -0.455 e. The molecule has 0 unspecified atom stereocenters. The van der Waals surface area contributed by atoms with E-state index >= 15 is 0 Å². The van der Waals surface area contributed by atoms with E-state index < -0.39 is 10.7 Å². The van der Waals surface area contributed by atoms with Crippen LogP contribution in [0.2, 0.25) is 10.0 Å². The molecule has 5 nitrogen and oxygen atoms in total. The molecule has 2 aromatic carbocycles. The summed E-state index contributed by atoms with van der Waals surface area (Å²) in [7, 11) is 0. The first-order valence-electron chi connectivity index (χ1n) is 5.81. The van der Waals surface area contributed by atoms with E-state index in [2.05, 4.69) is 0 Å². The van der Waals surface area contributed by atoms with Gasteiger partial charge >= 0.3 is 0 Å². The number of ketones is 1. The Morgan fingerprint density at radius 2 is 1.90 bits per heavy atom. The number of Topliss-reactive ketones (excluding diaryl/α,β-unsaturated/α-hetero) is 1. The molecular weight excluding hydrogens is 317 g/mol. The minimum absolute atomic E-state index is 0.0181. The van der Waals surface area contributed by atoms with Crippen molar-refractivity contribution in [2.75, 3.05) is 0 Å². The predicted molar refractivity (Wildman–Crippen MR) is 79.6 cm³/mol. The number of halogens is 2. The van der Waals surface area contributed by atoms with E-state index in [1.165, 1.54) is 31.2 Å². The van der Waals surface area contributed by atoms with Crippen molar-refractivity contribution in [1.29, 1.82) is 0 Å². The fourth-order valence-electron chi connectivity index (χ4n) is 1.71. The van der Waals surface area contributed by atoms with Crippen molar-refractivity contribution in [2.24, 2.45) is 0 Å². The van der Waals surface area contributed by atoms with E-state index in [0.717, 1.165) is 0 Å². The van der Waals surface area contributed by atoms with Gasteiger partial charge in [0.15, 0.2) is 5.78 Å². The van der Waals surface area contributed by atoms with E-state index in [4.69, 9.17) is 27.9 Å². The number of benzene rings is 2. The summed E-state index contributed by atoms with van der Waals surface area (Å²) in [5, 5.41) is 11.7. The van der Waals surface area contributed by atoms with E-state index in [1.54, 1.807) is 12.1 Å². The maximum absolute atomic E-state index is 11.4. The second-order valence-electron chi connectivity index (χ2n) is 4.17. The van der Waals surface area contributed by atoms with Crippen LogP contribution in [0.5, 0.6) is 11.5 Å². The number of nitro benzene ring substituents is 1. The van der Waals surface area contributed by atoms with E-state index in [9.17, 15) is 14.9 Å². The smallest absolute Gasteiger partial charge is 0.283 e. The summed E-state index contributed by atoms with van der Waals surface area (Å²) in [6, 6.07) is 8.62. The number of ether oxygens (including phenoxy) is 1. The highest BCUT2D eigenvalue weighted by Gasteiger charge is 2.19. The zero-order chi connectivity index (χ0) is 15.6. The lowest BCUT2D eigenvalue weighted by Gasteiger charge is -2.08. The molecular formula is C14H9Cl2NO4. The molecule has 0 amide bonds. The van der Waals surface area contributed by atoms with Gasteiger partial charge in [0.05, 0.1) is 21.6 Å². The highest BCUT2D eigenvalue weighted by molar-refractivity contribution is 6.34. The van der Waals surface area contributed by atoms with Gasteiger partial charge in [-0.2, -0.15) is 0 Å². The second-order valence-corrected chi connectivity index (χ2v) is 5.01. The number of hydrogen-bond acceptors (Lipinski definition) is 4. The van der Waals surface area contributed by atoms with Gasteiger partial charge in [-0.05, 0) is 31.2 Å². The van der Waals surface area contributed by atoms with Crippen molar-refractivity contribution in [3.63, 3.8) is 0 Å². The second kappa shape index (κ2) is 6.11. The third-order valence-corrected chi connectivity index (χ3v) is 3.21. The van der Waals surface area contributed by atoms with Gasteiger partial charge < -0.3 is 4.74 Å². The molecule has 0 saturated carbocycles. The highest BCUT2D eigenvalue weighted by atomic mass is 35.5. The Hall–Kier alpha value is -2.11. The third-order valence-electron chi connectivity index (χ3n) is 2.67. The molecule has 0 N–H and O–H groups in total. The number of nitro groups is 1. The van der Waals surface area contributed by atoms with Gasteiger partial charge in [-0.15, -0.1) is 0 Å². The molecule has 0 radical (unpaired) electrons. The lowest BCUT2D eigenvalue weighted by molar-refractivity contribution is -0.385. The quantitative estimate of drug-likeness (QED) is 0.455. The maximum Gasteiger partial charge on any atom is 0.283 e. The minimum atomic E-state index is -0.636. The fourth-order valence-corrected chi connectivity index (χ4v) is 2.02. The molecule has 7 heteroatoms. The Morgan fingerprint density at radius 3 is 2.52 bits per heavy atom. The standard InChI is InChI=1S/C14H9Cl2NO4/c1-8(18)11-4-3-10(7-13(11)17(19)20)21-14-6-9(15)2-5-12(14)16/h2-7H,1H3. The molecule has 0 atom stereocenters. The summed E-state index contributed by atoms with van der Waals surface area (Å²) in [6.45, 7) is 1.26. The van der Waals surface area contributed by atoms with Crippen molar-refractivity contribution < 1.29 is 14.5 Å². The molecule has 0 bridgehead atoms. The van der Waals surface area contributed by atoms with Crippen LogP contribution in [0, 0.1) is 10.1 Å². The molecule has 0 heterocycles. The average molecular weight is 326 g/mol. The lowest BCUT2D eigenvalue weighted by Crippen LogP contribution is -2.00. The third kappa shape index (κ3) is 3.51. The van der Waals surface area contributed by atoms with Crippen LogP contribution in [-0.4, -0.2) is 10.7 Å². The van der Waals surface area contributed by atoms with E-state index in [-0.39, 0.29) is 22.7 Å². The molecule has 108 valence electrons. The van der Waals surface area contributed by atoms with Crippen molar-refractivity contribution in [1.82, 2.24) is 0 Å². The van der Waals surface area contributed by atoms with Crippen LogP contribution in [0.1, 0.15) is 17.3 Å². The number of carbonyl (C=O) groups excluding carboxylic acids is 1. The summed E-state index contributed by atoms with van der Waals surface area (Å²) in [5.74, 6) is 0.0685. The normalized spacial score (nSPS) is 10.2. The van der Waals surface area contributed by atoms with Crippen LogP contribution < -0.4 is 4.74 Å². The van der Waals surface area contributed by atoms with Gasteiger partial charge in [-0.3, -0.25) is 14.9 Å². The number of nitrogens with zero attached hydrogens (tertiary/aromatic N) is 1. The van der Waals surface area contributed by atoms with Crippen molar-refractivity contribution in [3.8, 4) is 11.5 Å². The van der Waals surface area contributed by atoms with Crippen molar-refractivity contribution >= 4 is 34.7 Å². The molecule has 0 fully saturated rings. The predicted octanol–water partition coefficient (Wildman–Crippen LogP) is 4.90. The zero-order valence-corrected chi connectivity index (χ0v) is 12.3. The molecule has 2 rings (SSSR count). The zero-order valence-electron chi connectivity index (χ0n) is 10.8. The van der Waals surface area contributed by atoms with Crippen molar-refractivity contribution in [3.05, 3.63) is 62.1 Å².